The van der Waals surface area contributed by atoms with Gasteiger partial charge < -0.3 is 0 Å². The van der Waals surface area contributed by atoms with Gasteiger partial charge in [-0.05, 0) is 12.0 Å². The maximum atomic E-state index is 13.7. The van der Waals surface area contributed by atoms with E-state index in [-0.39, 0.29) is 0 Å². The largest absolute Gasteiger partial charge is 0.303 e. The Hall–Kier alpha value is -2.15. The number of rotatable bonds is 8. The molecule has 0 N–H and O–H groups in total. The van der Waals surface area contributed by atoms with E-state index in [1.165, 1.54) is 0 Å². The number of benzene rings is 1. The van der Waals surface area contributed by atoms with Crippen molar-refractivity contribution in [3.63, 3.8) is 0 Å². The van der Waals surface area contributed by atoms with Gasteiger partial charge in [0, 0.05) is 10.3 Å². The zero-order chi connectivity index (χ0) is 19.4. The Balaban J connectivity index is 3.18. The van der Waals surface area contributed by atoms with E-state index in [1.54, 1.807) is 0 Å². The van der Waals surface area contributed by atoms with Gasteiger partial charge in [-0.3, -0.25) is 4.18 Å². The molecule has 0 aliphatic heterocycles. The van der Waals surface area contributed by atoms with E-state index in [0.717, 1.165) is 0 Å². The summed E-state index contributed by atoms with van der Waals surface area (Å²) in [5.41, 5.74) is 6.40. The first-order chi connectivity index (χ1) is 11.5. The van der Waals surface area contributed by atoms with Crippen molar-refractivity contribution in [3.8, 4) is 0 Å². The van der Waals surface area contributed by atoms with Crippen LogP contribution in [-0.2, 0) is 24.1 Å². The summed E-state index contributed by atoms with van der Waals surface area (Å²) in [4.78, 5) is -0.105. The Bertz CT molecular complexity index is 927. The lowest BCUT2D eigenvalue weighted by molar-refractivity contribution is 0.309. The summed E-state index contributed by atoms with van der Waals surface area (Å²) in [6.45, 7) is 2.17. The first-order valence-corrected chi connectivity index (χ1v) is 9.26. The van der Waals surface area contributed by atoms with Gasteiger partial charge in [0.1, 0.15) is 5.69 Å². The quantitative estimate of drug-likeness (QED) is 0.125. The molecule has 0 unspecified atom stereocenters. The summed E-state index contributed by atoms with van der Waals surface area (Å²) >= 11 is 0. The number of hydrogen-bond donors (Lipinski definition) is 0. The van der Waals surface area contributed by atoms with Crippen LogP contribution in [0.2, 0.25) is 0 Å². The van der Waals surface area contributed by atoms with E-state index in [9.17, 15) is 34.4 Å². The third-order valence-corrected chi connectivity index (χ3v) is 5.36. The molecule has 0 aliphatic carbocycles. The maximum Gasteiger partial charge on any atom is 0.303 e. The fraction of sp³-hybridized carbons (Fsp3) is 0.273. The second kappa shape index (κ2) is 7.82. The monoisotopic (exact) mass is 403 g/mol. The van der Waals surface area contributed by atoms with Crippen LogP contribution in [0.3, 0.4) is 0 Å². The third-order valence-electron chi connectivity index (χ3n) is 2.66. The normalized spacial score (nSPS) is 11.8. The molecule has 8 nitrogen and oxygen atoms in total. The summed E-state index contributed by atoms with van der Waals surface area (Å²) in [6, 6.07) is 0. The van der Waals surface area contributed by atoms with Gasteiger partial charge in [0.15, 0.2) is 38.0 Å². The lowest BCUT2D eigenvalue weighted by Gasteiger charge is -2.10. The second-order valence-corrected chi connectivity index (χ2v) is 7.91. The van der Waals surface area contributed by atoms with E-state index in [2.05, 4.69) is 15.9 Å². The number of sulfone groups is 1. The fourth-order valence-electron chi connectivity index (χ4n) is 1.52. The zero-order valence-corrected chi connectivity index (χ0v) is 13.8. The predicted molar refractivity (Wildman–Crippen MR) is 76.8 cm³/mol. The second-order valence-electron chi connectivity index (χ2n) is 4.29. The van der Waals surface area contributed by atoms with Gasteiger partial charge in [-0.25, -0.2) is 26.0 Å². The van der Waals surface area contributed by atoms with Crippen molar-refractivity contribution in [1.82, 2.24) is 0 Å². The molecule has 0 aliphatic rings. The molecule has 0 spiro atoms. The summed E-state index contributed by atoms with van der Waals surface area (Å²) in [7, 11) is -8.98. The average Bonchev–Trinajstić information content (AvgIpc) is 2.54. The number of halogens is 4. The fourth-order valence-corrected chi connectivity index (χ4v) is 3.28. The Kier molecular flexibility index (Phi) is 6.54. The first-order valence-electron chi connectivity index (χ1n) is 6.14. The predicted octanol–water partition coefficient (Wildman–Crippen LogP) is 2.84. The van der Waals surface area contributed by atoms with Gasteiger partial charge in [0.25, 0.3) is 0 Å². The molecule has 1 aromatic carbocycles. The van der Waals surface area contributed by atoms with Crippen molar-refractivity contribution in [2.75, 3.05) is 12.4 Å². The molecule has 138 valence electrons. The molecule has 0 saturated heterocycles. The lowest BCUT2D eigenvalue weighted by atomic mass is 10.2. The first kappa shape index (κ1) is 20.9. The summed E-state index contributed by atoms with van der Waals surface area (Å²) in [6.07, 6.45) is -0.404. The van der Waals surface area contributed by atoms with Crippen LogP contribution < -0.4 is 0 Å². The number of azide groups is 1. The minimum atomic E-state index is -5.31. The maximum absolute atomic E-state index is 13.7. The van der Waals surface area contributed by atoms with Gasteiger partial charge in [0.05, 0.1) is 12.4 Å². The third kappa shape index (κ3) is 4.69. The molecule has 0 fully saturated rings. The molecule has 1 rings (SSSR count). The van der Waals surface area contributed by atoms with Gasteiger partial charge in [-0.15, -0.1) is 0 Å². The standard InChI is InChI=1S/C11H9F4N3O5S2/c1-2-24(19,20)5-3-4-23-25(21,22)11-8(14)6(12)10(17-18-16)7(13)9(11)15/h2H,1,3-5H2. The highest BCUT2D eigenvalue weighted by Crippen LogP contribution is 2.33. The van der Waals surface area contributed by atoms with Gasteiger partial charge in [-0.1, -0.05) is 11.7 Å². The molecule has 1 aromatic rings. The Morgan fingerprint density at radius 2 is 1.60 bits per heavy atom. The van der Waals surface area contributed by atoms with E-state index in [4.69, 9.17) is 5.53 Å². The summed E-state index contributed by atoms with van der Waals surface area (Å²) in [5, 5.41) is 3.01. The van der Waals surface area contributed by atoms with Crippen LogP contribution in [0.4, 0.5) is 23.2 Å². The number of nitrogens with zero attached hydrogens (tertiary/aromatic N) is 3. The molecule has 0 bridgehead atoms. The van der Waals surface area contributed by atoms with E-state index in [0.29, 0.717) is 5.41 Å². The number of hydrogen-bond acceptors (Lipinski definition) is 6. The SMILES string of the molecule is C=CS(=O)(=O)CCCOS(=O)(=O)c1c(F)c(F)c(N=[N+]=[N-])c(F)c1F. The van der Waals surface area contributed by atoms with Crippen LogP contribution >= 0.6 is 0 Å². The lowest BCUT2D eigenvalue weighted by Crippen LogP contribution is -2.16. The molecular formula is C11H9F4N3O5S2. The van der Waals surface area contributed by atoms with Crippen LogP contribution in [0.1, 0.15) is 6.42 Å². The minimum absolute atomic E-state index is 0.404. The van der Waals surface area contributed by atoms with Gasteiger partial charge in [-0.2, -0.15) is 8.42 Å². The highest BCUT2D eigenvalue weighted by Gasteiger charge is 2.33. The van der Waals surface area contributed by atoms with E-state index >= 15 is 0 Å². The van der Waals surface area contributed by atoms with Crippen LogP contribution in [0.15, 0.2) is 22.0 Å². The molecule has 25 heavy (non-hydrogen) atoms. The molecular weight excluding hydrogens is 394 g/mol. The molecule has 0 amide bonds. The molecule has 0 radical (unpaired) electrons. The molecule has 14 heteroatoms. The van der Waals surface area contributed by atoms with Crippen molar-refractivity contribution in [1.29, 1.82) is 0 Å². The van der Waals surface area contributed by atoms with Gasteiger partial charge >= 0.3 is 10.1 Å². The zero-order valence-electron chi connectivity index (χ0n) is 12.1. The highest BCUT2D eigenvalue weighted by atomic mass is 32.2. The molecule has 0 heterocycles. The van der Waals surface area contributed by atoms with E-state index < -0.39 is 72.6 Å². The van der Waals surface area contributed by atoms with E-state index in [1.807, 2.05) is 4.91 Å². The summed E-state index contributed by atoms with van der Waals surface area (Å²) < 4.78 is 104. The van der Waals surface area contributed by atoms with Crippen molar-refractivity contribution in [2.24, 2.45) is 5.11 Å². The molecule has 0 atom stereocenters. The topological polar surface area (TPSA) is 126 Å². The Morgan fingerprint density at radius 1 is 1.08 bits per heavy atom. The van der Waals surface area contributed by atoms with Crippen molar-refractivity contribution < 1.29 is 38.6 Å². The minimum Gasteiger partial charge on any atom is -0.266 e. The van der Waals surface area contributed by atoms with Crippen LogP contribution in [0.25, 0.3) is 10.4 Å². The Labute approximate surface area is 139 Å². The van der Waals surface area contributed by atoms with Gasteiger partial charge in [0.2, 0.25) is 0 Å². The van der Waals surface area contributed by atoms with Crippen LogP contribution in [0.5, 0.6) is 0 Å². The summed E-state index contributed by atoms with van der Waals surface area (Å²) in [5.74, 6) is -9.73. The Morgan fingerprint density at radius 3 is 2.04 bits per heavy atom. The molecule has 0 aromatic heterocycles. The van der Waals surface area contributed by atoms with Crippen molar-refractivity contribution in [3.05, 3.63) is 45.7 Å². The van der Waals surface area contributed by atoms with Crippen LogP contribution in [-0.4, -0.2) is 29.2 Å². The average molecular weight is 403 g/mol. The van der Waals surface area contributed by atoms with Crippen molar-refractivity contribution >= 4 is 25.6 Å². The van der Waals surface area contributed by atoms with Crippen LogP contribution in [0, 0.1) is 23.3 Å². The smallest absolute Gasteiger partial charge is 0.266 e. The highest BCUT2D eigenvalue weighted by molar-refractivity contribution is 7.94. The molecule has 0 saturated carbocycles. The van der Waals surface area contributed by atoms with Crippen molar-refractivity contribution in [2.45, 2.75) is 11.3 Å².